The van der Waals surface area contributed by atoms with Crippen molar-refractivity contribution in [1.29, 1.82) is 0 Å². The third kappa shape index (κ3) is 5.31. The zero-order valence-electron chi connectivity index (χ0n) is 16.9. The number of ketones is 1. The largest absolute Gasteiger partial charge is 0.289 e. The minimum Gasteiger partial charge on any atom is -0.289 e. The van der Waals surface area contributed by atoms with Crippen LogP contribution in [-0.2, 0) is 4.79 Å². The molecule has 1 nitrogen and oxygen atoms in total. The van der Waals surface area contributed by atoms with Gasteiger partial charge in [0.05, 0.1) is 0 Å². The normalized spacial score (nSPS) is 15.1. The van der Waals surface area contributed by atoms with E-state index in [-0.39, 0.29) is 5.78 Å². The lowest BCUT2D eigenvalue weighted by Gasteiger charge is -2.14. The predicted molar refractivity (Wildman–Crippen MR) is 117 cm³/mol. The fourth-order valence-electron chi connectivity index (χ4n) is 4.22. The number of carbonyl (C=O) groups excluding carboxylic acids is 1. The molecule has 3 rings (SSSR count). The highest BCUT2D eigenvalue weighted by Crippen LogP contribution is 2.39. The summed E-state index contributed by atoms with van der Waals surface area (Å²) in [5, 5.41) is 0. The standard InChI is InChI=1S/C26H34O/c1-2-3-4-5-6-7-8-9-10-11-12-15-21-18-19-24-23-17-14-13-16-22(23)20-25(24)26(21)27/h13-14,16-20H,2-12,15H2,1H3. The molecule has 2 aliphatic rings. The van der Waals surface area contributed by atoms with Gasteiger partial charge in [-0.1, -0.05) is 108 Å². The monoisotopic (exact) mass is 362 g/mol. The molecule has 0 amide bonds. The Kier molecular flexibility index (Phi) is 7.68. The number of unbranched alkanes of at least 4 members (excludes halogenated alkanes) is 10. The van der Waals surface area contributed by atoms with Crippen molar-refractivity contribution in [2.75, 3.05) is 0 Å². The second-order valence-corrected chi connectivity index (χ2v) is 8.03. The molecule has 0 aromatic heterocycles. The van der Waals surface area contributed by atoms with Gasteiger partial charge in [0, 0.05) is 11.1 Å². The molecule has 2 aliphatic carbocycles. The van der Waals surface area contributed by atoms with Crippen molar-refractivity contribution >= 4 is 17.4 Å². The summed E-state index contributed by atoms with van der Waals surface area (Å²) in [4.78, 5) is 12.8. The minimum absolute atomic E-state index is 0.246. The Bertz CT molecular complexity index is 732. The summed E-state index contributed by atoms with van der Waals surface area (Å²) in [5.41, 5.74) is 5.38. The van der Waals surface area contributed by atoms with Crippen LogP contribution in [0.4, 0.5) is 0 Å². The first-order chi connectivity index (χ1) is 13.3. The highest BCUT2D eigenvalue weighted by molar-refractivity contribution is 6.25. The van der Waals surface area contributed by atoms with Crippen LogP contribution < -0.4 is 0 Å². The molecule has 0 fully saturated rings. The summed E-state index contributed by atoms with van der Waals surface area (Å²) in [5.74, 6) is 0.246. The van der Waals surface area contributed by atoms with Crippen molar-refractivity contribution in [3.63, 3.8) is 0 Å². The number of benzene rings is 1. The molecule has 1 heteroatoms. The van der Waals surface area contributed by atoms with Crippen molar-refractivity contribution in [3.8, 4) is 0 Å². The van der Waals surface area contributed by atoms with Crippen LogP contribution in [0.5, 0.6) is 0 Å². The SMILES string of the molecule is CCCCCCCCCCCCCC1=CC=C2C(=Cc3ccccc32)C1=O. The molecule has 1 aromatic rings. The van der Waals surface area contributed by atoms with E-state index in [4.69, 9.17) is 0 Å². The van der Waals surface area contributed by atoms with E-state index in [0.717, 1.165) is 29.6 Å². The van der Waals surface area contributed by atoms with Gasteiger partial charge in [-0.25, -0.2) is 0 Å². The Morgan fingerprint density at radius 3 is 2.04 bits per heavy atom. The van der Waals surface area contributed by atoms with Crippen LogP contribution in [0, 0.1) is 0 Å². The maximum absolute atomic E-state index is 12.8. The van der Waals surface area contributed by atoms with E-state index in [0.29, 0.717) is 0 Å². The van der Waals surface area contributed by atoms with E-state index >= 15 is 0 Å². The molecule has 27 heavy (non-hydrogen) atoms. The fourth-order valence-corrected chi connectivity index (χ4v) is 4.22. The first-order valence-corrected chi connectivity index (χ1v) is 11.1. The number of Topliss-reactive ketones (excluding diaryl/α,β-unsaturated/α-hetero) is 1. The van der Waals surface area contributed by atoms with Crippen LogP contribution >= 0.6 is 0 Å². The van der Waals surface area contributed by atoms with Crippen molar-refractivity contribution in [1.82, 2.24) is 0 Å². The first kappa shape index (κ1) is 19.9. The smallest absolute Gasteiger partial charge is 0.189 e. The van der Waals surface area contributed by atoms with Crippen molar-refractivity contribution < 1.29 is 4.79 Å². The predicted octanol–water partition coefficient (Wildman–Crippen LogP) is 7.68. The lowest BCUT2D eigenvalue weighted by Crippen LogP contribution is -2.09. The van der Waals surface area contributed by atoms with Gasteiger partial charge in [-0.15, -0.1) is 0 Å². The molecule has 0 N–H and O–H groups in total. The lowest BCUT2D eigenvalue weighted by molar-refractivity contribution is -0.112. The molecule has 0 radical (unpaired) electrons. The highest BCUT2D eigenvalue weighted by Gasteiger charge is 2.27. The Morgan fingerprint density at radius 1 is 0.704 bits per heavy atom. The minimum atomic E-state index is 0.246. The summed E-state index contributed by atoms with van der Waals surface area (Å²) in [7, 11) is 0. The van der Waals surface area contributed by atoms with Crippen LogP contribution in [0.3, 0.4) is 0 Å². The Hall–Kier alpha value is -1.89. The lowest BCUT2D eigenvalue weighted by atomic mass is 9.89. The number of fused-ring (bicyclic) bond motifs is 3. The maximum Gasteiger partial charge on any atom is 0.189 e. The third-order valence-corrected chi connectivity index (χ3v) is 5.88. The van der Waals surface area contributed by atoms with Crippen LogP contribution in [0.2, 0.25) is 0 Å². The number of hydrogen-bond acceptors (Lipinski definition) is 1. The number of rotatable bonds is 12. The number of hydrogen-bond donors (Lipinski definition) is 0. The molecule has 0 saturated heterocycles. The first-order valence-electron chi connectivity index (χ1n) is 11.1. The molecule has 144 valence electrons. The fraction of sp³-hybridized carbons (Fsp3) is 0.500. The summed E-state index contributed by atoms with van der Waals surface area (Å²) in [6, 6.07) is 8.29. The zero-order valence-corrected chi connectivity index (χ0v) is 16.9. The molecule has 0 aliphatic heterocycles. The Labute approximate surface area is 165 Å². The van der Waals surface area contributed by atoms with Gasteiger partial charge in [0.15, 0.2) is 5.78 Å². The van der Waals surface area contributed by atoms with E-state index in [9.17, 15) is 4.79 Å². The summed E-state index contributed by atoms with van der Waals surface area (Å²) in [6.07, 6.45) is 22.0. The van der Waals surface area contributed by atoms with Gasteiger partial charge in [0.1, 0.15) is 0 Å². The summed E-state index contributed by atoms with van der Waals surface area (Å²) >= 11 is 0. The molecule has 0 atom stereocenters. The van der Waals surface area contributed by atoms with Gasteiger partial charge < -0.3 is 0 Å². The van der Waals surface area contributed by atoms with E-state index in [1.165, 1.54) is 75.3 Å². The van der Waals surface area contributed by atoms with Gasteiger partial charge >= 0.3 is 0 Å². The Balaban J connectivity index is 1.33. The topological polar surface area (TPSA) is 17.1 Å². The van der Waals surface area contributed by atoms with Crippen LogP contribution in [-0.4, -0.2) is 5.78 Å². The van der Waals surface area contributed by atoms with Gasteiger partial charge in [0.25, 0.3) is 0 Å². The van der Waals surface area contributed by atoms with Crippen molar-refractivity contribution in [2.45, 2.75) is 84.0 Å². The third-order valence-electron chi connectivity index (χ3n) is 5.88. The second-order valence-electron chi connectivity index (χ2n) is 8.03. The van der Waals surface area contributed by atoms with Crippen LogP contribution in [0.15, 0.2) is 47.6 Å². The highest BCUT2D eigenvalue weighted by atomic mass is 16.1. The van der Waals surface area contributed by atoms with E-state index in [1.54, 1.807) is 0 Å². The summed E-state index contributed by atoms with van der Waals surface area (Å²) in [6.45, 7) is 2.27. The number of carbonyl (C=O) groups is 1. The molecule has 0 unspecified atom stereocenters. The Morgan fingerprint density at radius 2 is 1.33 bits per heavy atom. The van der Waals surface area contributed by atoms with Crippen molar-refractivity contribution in [3.05, 3.63) is 58.7 Å². The van der Waals surface area contributed by atoms with E-state index in [1.807, 2.05) is 12.1 Å². The van der Waals surface area contributed by atoms with Crippen molar-refractivity contribution in [2.24, 2.45) is 0 Å². The van der Waals surface area contributed by atoms with Crippen LogP contribution in [0.1, 0.15) is 95.1 Å². The van der Waals surface area contributed by atoms with Crippen LogP contribution in [0.25, 0.3) is 11.6 Å². The average molecular weight is 363 g/mol. The molecular formula is C26H34O. The molecule has 0 bridgehead atoms. The molecular weight excluding hydrogens is 328 g/mol. The van der Waals surface area contributed by atoms with Gasteiger partial charge in [-0.05, 0) is 35.6 Å². The average Bonchev–Trinajstić information content (AvgIpc) is 3.07. The second kappa shape index (κ2) is 10.4. The molecule has 0 heterocycles. The molecule has 0 spiro atoms. The van der Waals surface area contributed by atoms with Gasteiger partial charge in [-0.3, -0.25) is 4.79 Å². The van der Waals surface area contributed by atoms with Gasteiger partial charge in [-0.2, -0.15) is 0 Å². The molecule has 1 aromatic carbocycles. The molecule has 0 saturated carbocycles. The quantitative estimate of drug-likeness (QED) is 0.348. The van der Waals surface area contributed by atoms with Gasteiger partial charge in [0.2, 0.25) is 0 Å². The maximum atomic E-state index is 12.8. The number of allylic oxidation sites excluding steroid dienone is 5. The van der Waals surface area contributed by atoms with E-state index < -0.39 is 0 Å². The zero-order chi connectivity index (χ0) is 18.9. The van der Waals surface area contributed by atoms with E-state index in [2.05, 4.69) is 37.3 Å². The summed E-state index contributed by atoms with van der Waals surface area (Å²) < 4.78 is 0.